The number of ether oxygens (including phenoxy) is 1. The van der Waals surface area contributed by atoms with E-state index in [4.69, 9.17) is 21.3 Å². The summed E-state index contributed by atoms with van der Waals surface area (Å²) >= 11 is 7.47. The third-order valence-electron chi connectivity index (χ3n) is 6.09. The molecule has 7 heteroatoms. The monoisotopic (exact) mass is 478 g/mol. The fraction of sp³-hybridized carbons (Fsp3) is 0.269. The number of halogens is 1. The summed E-state index contributed by atoms with van der Waals surface area (Å²) < 4.78 is 7.46. The van der Waals surface area contributed by atoms with Crippen molar-refractivity contribution < 1.29 is 9.53 Å². The van der Waals surface area contributed by atoms with Gasteiger partial charge in [0.2, 0.25) is 0 Å². The summed E-state index contributed by atoms with van der Waals surface area (Å²) in [5, 5.41) is 0.607. The molecular weight excluding hydrogens is 456 g/mol. The summed E-state index contributed by atoms with van der Waals surface area (Å²) in [7, 11) is 1.62. The van der Waals surface area contributed by atoms with Crippen molar-refractivity contribution in [2.45, 2.75) is 32.7 Å². The van der Waals surface area contributed by atoms with Crippen LogP contribution in [0.15, 0.2) is 69.6 Å². The molecule has 5 rings (SSSR count). The van der Waals surface area contributed by atoms with Gasteiger partial charge in [-0.3, -0.25) is 14.2 Å². The third-order valence-corrected chi connectivity index (χ3v) is 7.33. The largest absolute Gasteiger partial charge is 0.497 e. The standard InChI is InChI=1S/C26H23ClN2O3S/c1-26(2)13-19-22(20(30)14-26)23(16-6-8-17(27)9-7-16)29-24(31)21(33-25(29)28-19)12-15-4-10-18(32-3)11-5-15/h4-12,23H,13-14H2,1-3H3. The van der Waals surface area contributed by atoms with Crippen LogP contribution in [0.2, 0.25) is 5.02 Å². The summed E-state index contributed by atoms with van der Waals surface area (Å²) in [6.07, 6.45) is 2.99. The van der Waals surface area contributed by atoms with Crippen LogP contribution in [0.4, 0.5) is 0 Å². The topological polar surface area (TPSA) is 60.7 Å². The number of ketones is 1. The number of allylic oxidation sites excluding steroid dienone is 2. The van der Waals surface area contributed by atoms with Gasteiger partial charge in [-0.25, -0.2) is 4.99 Å². The Bertz CT molecular complexity index is 1460. The molecule has 1 unspecified atom stereocenters. The molecule has 3 aromatic rings. The first-order valence-electron chi connectivity index (χ1n) is 10.7. The van der Waals surface area contributed by atoms with Gasteiger partial charge >= 0.3 is 0 Å². The van der Waals surface area contributed by atoms with Gasteiger partial charge in [0.25, 0.3) is 5.56 Å². The van der Waals surface area contributed by atoms with Crippen molar-refractivity contribution in [3.05, 3.63) is 95.6 Å². The highest BCUT2D eigenvalue weighted by atomic mass is 35.5. The summed E-state index contributed by atoms with van der Waals surface area (Å²) in [5.41, 5.74) is 2.84. The van der Waals surface area contributed by atoms with E-state index in [2.05, 4.69) is 13.8 Å². The van der Waals surface area contributed by atoms with E-state index in [-0.39, 0.29) is 16.8 Å². The predicted molar refractivity (Wildman–Crippen MR) is 131 cm³/mol. The minimum absolute atomic E-state index is 0.0504. The number of thiazole rings is 1. The van der Waals surface area contributed by atoms with Crippen molar-refractivity contribution in [1.82, 2.24) is 4.57 Å². The van der Waals surface area contributed by atoms with E-state index in [1.165, 1.54) is 11.3 Å². The van der Waals surface area contributed by atoms with Gasteiger partial charge in [0, 0.05) is 17.0 Å². The number of carbonyl (C=O) groups excluding carboxylic acids is 1. The van der Waals surface area contributed by atoms with E-state index in [0.29, 0.717) is 32.8 Å². The highest BCUT2D eigenvalue weighted by Gasteiger charge is 2.40. The molecule has 0 saturated carbocycles. The van der Waals surface area contributed by atoms with Crippen LogP contribution in [0.1, 0.15) is 43.9 Å². The quantitative estimate of drug-likeness (QED) is 0.565. The summed E-state index contributed by atoms with van der Waals surface area (Å²) in [6, 6.07) is 14.4. The lowest BCUT2D eigenvalue weighted by Crippen LogP contribution is -2.42. The van der Waals surface area contributed by atoms with Gasteiger partial charge in [-0.15, -0.1) is 0 Å². The SMILES string of the molecule is COc1ccc(C=c2sc3n(c2=O)C(c2ccc(Cl)cc2)C2=C(CC(C)(C)CC2=O)N=3)cc1. The molecule has 0 N–H and O–H groups in total. The average molecular weight is 479 g/mol. The van der Waals surface area contributed by atoms with Crippen LogP contribution in [-0.2, 0) is 4.79 Å². The smallest absolute Gasteiger partial charge is 0.271 e. The van der Waals surface area contributed by atoms with E-state index < -0.39 is 6.04 Å². The van der Waals surface area contributed by atoms with Crippen molar-refractivity contribution in [2.75, 3.05) is 7.11 Å². The molecule has 33 heavy (non-hydrogen) atoms. The van der Waals surface area contributed by atoms with E-state index in [1.807, 2.05) is 42.5 Å². The highest BCUT2D eigenvalue weighted by molar-refractivity contribution is 7.07. The minimum atomic E-state index is -0.505. The maximum atomic E-state index is 13.6. The number of benzene rings is 2. The molecule has 2 heterocycles. The Hall–Kier alpha value is -2.96. The molecule has 0 bridgehead atoms. The van der Waals surface area contributed by atoms with Crippen LogP contribution < -0.4 is 19.6 Å². The van der Waals surface area contributed by atoms with Gasteiger partial charge < -0.3 is 4.74 Å². The van der Waals surface area contributed by atoms with E-state index in [0.717, 1.165) is 22.6 Å². The number of rotatable bonds is 3. The molecule has 5 nitrogen and oxygen atoms in total. The van der Waals surface area contributed by atoms with Gasteiger partial charge in [0.1, 0.15) is 5.75 Å². The molecule has 168 valence electrons. The van der Waals surface area contributed by atoms with E-state index >= 15 is 0 Å². The van der Waals surface area contributed by atoms with Gasteiger partial charge in [0.05, 0.1) is 23.4 Å². The first-order chi connectivity index (χ1) is 15.8. The van der Waals surface area contributed by atoms with Crippen LogP contribution in [0.3, 0.4) is 0 Å². The Morgan fingerprint density at radius 2 is 1.79 bits per heavy atom. The zero-order valence-electron chi connectivity index (χ0n) is 18.6. The molecule has 0 fully saturated rings. The highest BCUT2D eigenvalue weighted by Crippen LogP contribution is 2.43. The number of carbonyl (C=O) groups is 1. The third kappa shape index (κ3) is 3.98. The van der Waals surface area contributed by atoms with Crippen LogP contribution in [0, 0.1) is 5.41 Å². The maximum absolute atomic E-state index is 13.6. The zero-order chi connectivity index (χ0) is 23.3. The Balaban J connectivity index is 1.73. The van der Waals surface area contributed by atoms with E-state index in [1.54, 1.807) is 23.8 Å². The number of hydrogen-bond donors (Lipinski definition) is 0. The van der Waals surface area contributed by atoms with Crippen LogP contribution in [-0.4, -0.2) is 17.5 Å². The van der Waals surface area contributed by atoms with Crippen LogP contribution in [0.5, 0.6) is 5.75 Å². The molecule has 1 aliphatic carbocycles. The van der Waals surface area contributed by atoms with Crippen LogP contribution >= 0.6 is 22.9 Å². The Morgan fingerprint density at radius 3 is 2.45 bits per heavy atom. The van der Waals surface area contributed by atoms with Gasteiger partial charge in [0.15, 0.2) is 10.6 Å². The fourth-order valence-electron chi connectivity index (χ4n) is 4.56. The number of nitrogens with zero attached hydrogens (tertiary/aromatic N) is 2. The van der Waals surface area contributed by atoms with Crippen molar-refractivity contribution in [1.29, 1.82) is 0 Å². The number of fused-ring (bicyclic) bond motifs is 1. The number of hydrogen-bond acceptors (Lipinski definition) is 5. The molecule has 0 spiro atoms. The Kier molecular flexibility index (Phi) is 5.38. The molecule has 0 saturated heterocycles. The number of aromatic nitrogens is 1. The first-order valence-corrected chi connectivity index (χ1v) is 11.9. The molecule has 0 radical (unpaired) electrons. The molecule has 1 atom stereocenters. The average Bonchev–Trinajstić information content (AvgIpc) is 3.07. The fourth-order valence-corrected chi connectivity index (χ4v) is 5.71. The summed E-state index contributed by atoms with van der Waals surface area (Å²) in [6.45, 7) is 4.17. The van der Waals surface area contributed by atoms with Crippen molar-refractivity contribution in [2.24, 2.45) is 10.4 Å². The Morgan fingerprint density at radius 1 is 1.09 bits per heavy atom. The van der Waals surface area contributed by atoms with E-state index in [9.17, 15) is 9.59 Å². The minimum Gasteiger partial charge on any atom is -0.497 e. The molecule has 2 aliphatic rings. The van der Waals surface area contributed by atoms with Gasteiger partial charge in [-0.1, -0.05) is 61.1 Å². The molecular formula is C26H23ClN2O3S. The van der Waals surface area contributed by atoms with Crippen molar-refractivity contribution in [3.63, 3.8) is 0 Å². The number of methoxy groups -OCH3 is 1. The second kappa shape index (κ2) is 8.12. The van der Waals surface area contributed by atoms with Crippen LogP contribution in [0.25, 0.3) is 6.08 Å². The maximum Gasteiger partial charge on any atom is 0.271 e. The lowest BCUT2D eigenvalue weighted by atomic mass is 9.73. The molecule has 2 aromatic carbocycles. The van der Waals surface area contributed by atoms with Crippen molar-refractivity contribution >= 4 is 34.8 Å². The predicted octanol–water partition coefficient (Wildman–Crippen LogP) is 4.27. The Labute approximate surface area is 200 Å². The molecule has 0 amide bonds. The van der Waals surface area contributed by atoms with Crippen molar-refractivity contribution in [3.8, 4) is 5.75 Å². The zero-order valence-corrected chi connectivity index (χ0v) is 20.2. The van der Waals surface area contributed by atoms with Gasteiger partial charge in [-0.05, 0) is 53.3 Å². The summed E-state index contributed by atoms with van der Waals surface area (Å²) in [4.78, 5) is 32.3. The van der Waals surface area contributed by atoms with Gasteiger partial charge in [-0.2, -0.15) is 0 Å². The second-order valence-corrected chi connectivity index (χ2v) is 10.7. The molecule has 1 aromatic heterocycles. The molecule has 1 aliphatic heterocycles. The summed E-state index contributed by atoms with van der Waals surface area (Å²) in [5.74, 6) is 0.805. The first kappa shape index (κ1) is 21.9. The normalized spacial score (nSPS) is 19.7. The second-order valence-electron chi connectivity index (χ2n) is 9.21. The lowest BCUT2D eigenvalue weighted by molar-refractivity contribution is -0.118. The number of Topliss-reactive ketones (excluding diaryl/α,β-unsaturated/α-hetero) is 1. The lowest BCUT2D eigenvalue weighted by Gasteiger charge is -2.35.